The molecule has 2 saturated heterocycles. The number of hydrogen-bond donors (Lipinski definition) is 2. The molecule has 5 rings (SSSR count). The van der Waals surface area contributed by atoms with E-state index in [1.54, 1.807) is 9.80 Å². The Hall–Kier alpha value is -2.33. The van der Waals surface area contributed by atoms with E-state index < -0.39 is 17.8 Å². The minimum atomic E-state index is -4.46. The topological polar surface area (TPSA) is 73.9 Å². The summed E-state index contributed by atoms with van der Waals surface area (Å²) in [4.78, 5) is 29.2. The predicted molar refractivity (Wildman–Crippen MR) is 134 cm³/mol. The van der Waals surface area contributed by atoms with Crippen molar-refractivity contribution in [2.24, 2.45) is 5.92 Å². The predicted octanol–water partition coefficient (Wildman–Crippen LogP) is 4.47. The number of halogens is 3. The molecule has 0 spiro atoms. The molecule has 37 heavy (non-hydrogen) atoms. The maximum atomic E-state index is 13.5. The smallest absolute Gasteiger partial charge is 0.381 e. The van der Waals surface area contributed by atoms with E-state index in [9.17, 15) is 22.8 Å². The van der Waals surface area contributed by atoms with Gasteiger partial charge in [-0.1, -0.05) is 26.3 Å². The van der Waals surface area contributed by atoms with Crippen LogP contribution >= 0.6 is 0 Å². The zero-order valence-corrected chi connectivity index (χ0v) is 21.8. The lowest BCUT2D eigenvalue weighted by molar-refractivity contribution is -0.137. The fourth-order valence-corrected chi connectivity index (χ4v) is 5.85. The Morgan fingerprint density at radius 1 is 1.14 bits per heavy atom. The summed E-state index contributed by atoms with van der Waals surface area (Å²) in [5, 5.41) is 6.43. The maximum absolute atomic E-state index is 13.5. The highest BCUT2D eigenvalue weighted by atomic mass is 19.4. The molecular formula is C27H39F3N4O3. The molecule has 1 aromatic rings. The van der Waals surface area contributed by atoms with E-state index in [0.717, 1.165) is 57.5 Å². The number of urea groups is 1. The van der Waals surface area contributed by atoms with Gasteiger partial charge in [-0.3, -0.25) is 4.79 Å². The van der Waals surface area contributed by atoms with Crippen LogP contribution in [-0.4, -0.2) is 66.7 Å². The van der Waals surface area contributed by atoms with Crippen molar-refractivity contribution in [2.45, 2.75) is 83.2 Å². The van der Waals surface area contributed by atoms with Gasteiger partial charge < -0.3 is 25.2 Å². The van der Waals surface area contributed by atoms with Gasteiger partial charge in [0, 0.05) is 57.4 Å². The molecule has 3 heterocycles. The second-order valence-corrected chi connectivity index (χ2v) is 10.5. The van der Waals surface area contributed by atoms with Crippen molar-refractivity contribution < 1.29 is 27.5 Å². The average molecular weight is 525 g/mol. The third-order valence-corrected chi connectivity index (χ3v) is 7.64. The Labute approximate surface area is 217 Å². The van der Waals surface area contributed by atoms with Gasteiger partial charge in [-0.15, -0.1) is 0 Å². The van der Waals surface area contributed by atoms with Crippen LogP contribution in [-0.2, 0) is 22.3 Å². The molecule has 1 aliphatic carbocycles. The Morgan fingerprint density at radius 3 is 2.51 bits per heavy atom. The summed E-state index contributed by atoms with van der Waals surface area (Å²) < 4.78 is 45.6. The zero-order chi connectivity index (χ0) is 26.6. The summed E-state index contributed by atoms with van der Waals surface area (Å²) in [6.45, 7) is 7.16. The molecule has 3 aliphatic heterocycles. The quantitative estimate of drug-likeness (QED) is 0.610. The molecule has 3 unspecified atom stereocenters. The highest BCUT2D eigenvalue weighted by Crippen LogP contribution is 2.38. The largest absolute Gasteiger partial charge is 0.416 e. The van der Waals surface area contributed by atoms with Gasteiger partial charge in [0.05, 0.1) is 11.6 Å². The molecule has 4 aliphatic rings. The molecule has 3 atom stereocenters. The van der Waals surface area contributed by atoms with E-state index in [-0.39, 0.29) is 30.4 Å². The first kappa shape index (κ1) is 27.7. The molecule has 10 heteroatoms. The number of nitrogens with one attached hydrogen (secondary N) is 2. The van der Waals surface area contributed by atoms with Gasteiger partial charge in [0.25, 0.3) is 0 Å². The van der Waals surface area contributed by atoms with Crippen LogP contribution in [0.1, 0.15) is 75.1 Å². The van der Waals surface area contributed by atoms with Crippen molar-refractivity contribution in [1.82, 2.24) is 20.4 Å². The van der Waals surface area contributed by atoms with Crippen LogP contribution in [0.25, 0.3) is 0 Å². The molecular weight excluding hydrogens is 485 g/mol. The minimum absolute atomic E-state index is 0.0241. The highest BCUT2D eigenvalue weighted by molar-refractivity contribution is 5.80. The minimum Gasteiger partial charge on any atom is -0.381 e. The monoisotopic (exact) mass is 524 g/mol. The maximum Gasteiger partial charge on any atom is 0.416 e. The van der Waals surface area contributed by atoms with Gasteiger partial charge in [-0.25, -0.2) is 4.79 Å². The van der Waals surface area contributed by atoms with E-state index >= 15 is 0 Å². The summed E-state index contributed by atoms with van der Waals surface area (Å²) in [6, 6.07) is 3.67. The third-order valence-electron chi connectivity index (χ3n) is 7.64. The summed E-state index contributed by atoms with van der Waals surface area (Å²) in [7, 11) is 0. The Bertz CT molecular complexity index is 951. The van der Waals surface area contributed by atoms with E-state index in [4.69, 9.17) is 4.74 Å². The number of amides is 3. The lowest BCUT2D eigenvalue weighted by Crippen LogP contribution is -2.47. The number of hydrogen-bond acceptors (Lipinski definition) is 4. The first-order valence-corrected chi connectivity index (χ1v) is 13.6. The van der Waals surface area contributed by atoms with Crippen molar-refractivity contribution in [3.63, 3.8) is 0 Å². The molecule has 7 nitrogen and oxygen atoms in total. The van der Waals surface area contributed by atoms with Crippen LogP contribution in [0.5, 0.6) is 0 Å². The standard InChI is InChI=1S/C24H31F3N4O3.C3H8/c25-24(26,27)17-2-4-20-16(11-17)13-30(14-21(20)31-8-7-28-23(31)33)22(32)15-1-3-19(12-15)29-18-5-9-34-10-6-18;1-3-2/h2,4,11,15,18-19,21,29H,1,3,5-10,12-14H2,(H,28,33);3H2,1-2H3. The highest BCUT2D eigenvalue weighted by Gasteiger charge is 2.41. The van der Waals surface area contributed by atoms with Gasteiger partial charge in [-0.05, 0) is 55.4 Å². The van der Waals surface area contributed by atoms with E-state index in [2.05, 4.69) is 24.5 Å². The zero-order valence-electron chi connectivity index (χ0n) is 21.8. The first-order chi connectivity index (χ1) is 17.7. The molecule has 0 bridgehead atoms. The summed E-state index contributed by atoms with van der Waals surface area (Å²) >= 11 is 0. The van der Waals surface area contributed by atoms with Gasteiger partial charge >= 0.3 is 12.2 Å². The number of nitrogens with zero attached hydrogens (tertiary/aromatic N) is 2. The molecule has 1 aromatic carbocycles. The molecule has 1 saturated carbocycles. The second-order valence-electron chi connectivity index (χ2n) is 10.5. The lowest BCUT2D eigenvalue weighted by Gasteiger charge is -2.40. The van der Waals surface area contributed by atoms with Crippen molar-refractivity contribution in [3.8, 4) is 0 Å². The van der Waals surface area contributed by atoms with Crippen molar-refractivity contribution in [3.05, 3.63) is 34.9 Å². The van der Waals surface area contributed by atoms with Crippen LogP contribution in [0, 0.1) is 5.92 Å². The summed E-state index contributed by atoms with van der Waals surface area (Å²) in [5.74, 6) is -0.179. The number of carbonyl (C=O) groups excluding carboxylic acids is 2. The molecule has 206 valence electrons. The summed E-state index contributed by atoms with van der Waals surface area (Å²) in [5.41, 5.74) is 0.431. The third kappa shape index (κ3) is 6.57. The molecule has 3 amide bonds. The van der Waals surface area contributed by atoms with Crippen molar-refractivity contribution in [1.29, 1.82) is 0 Å². The van der Waals surface area contributed by atoms with Crippen LogP contribution in [0.4, 0.5) is 18.0 Å². The van der Waals surface area contributed by atoms with Crippen molar-refractivity contribution in [2.75, 3.05) is 32.8 Å². The number of alkyl halides is 3. The van der Waals surface area contributed by atoms with Crippen molar-refractivity contribution >= 4 is 11.9 Å². The van der Waals surface area contributed by atoms with Crippen LogP contribution in [0.3, 0.4) is 0 Å². The van der Waals surface area contributed by atoms with Gasteiger partial charge in [-0.2, -0.15) is 13.2 Å². The second kappa shape index (κ2) is 12.0. The van der Waals surface area contributed by atoms with Gasteiger partial charge in [0.1, 0.15) is 0 Å². The first-order valence-electron chi connectivity index (χ1n) is 13.6. The normalized spacial score (nSPS) is 26.4. The van der Waals surface area contributed by atoms with E-state index in [0.29, 0.717) is 36.8 Å². The van der Waals surface area contributed by atoms with Crippen LogP contribution in [0.2, 0.25) is 0 Å². The molecule has 0 aromatic heterocycles. The Kier molecular flexibility index (Phi) is 9.00. The number of carbonyl (C=O) groups is 2. The number of rotatable bonds is 4. The number of ether oxygens (including phenoxy) is 1. The summed E-state index contributed by atoms with van der Waals surface area (Å²) in [6.07, 6.45) is 1.14. The Morgan fingerprint density at radius 2 is 1.86 bits per heavy atom. The van der Waals surface area contributed by atoms with Gasteiger partial charge in [0.2, 0.25) is 5.91 Å². The average Bonchev–Trinajstić information content (AvgIpc) is 3.52. The van der Waals surface area contributed by atoms with Crippen LogP contribution < -0.4 is 10.6 Å². The fourth-order valence-electron chi connectivity index (χ4n) is 5.85. The van der Waals surface area contributed by atoms with E-state index in [1.807, 2.05) is 0 Å². The van der Waals surface area contributed by atoms with Gasteiger partial charge in [0.15, 0.2) is 0 Å². The Balaban J connectivity index is 0.00000102. The SMILES string of the molecule is CCC.O=C(C1CCC(NC2CCOCC2)C1)N1Cc2cc(C(F)(F)F)ccc2C(N2CCNC2=O)C1. The fraction of sp³-hybridized carbons (Fsp3) is 0.704. The number of fused-ring (bicyclic) bond motifs is 1. The molecule has 0 radical (unpaired) electrons. The lowest BCUT2D eigenvalue weighted by atomic mass is 9.91. The number of benzene rings is 1. The van der Waals surface area contributed by atoms with E-state index in [1.165, 1.54) is 12.5 Å². The van der Waals surface area contributed by atoms with Crippen LogP contribution in [0.15, 0.2) is 18.2 Å². The molecule has 3 fully saturated rings. The molecule has 2 N–H and O–H groups in total.